The Balaban J connectivity index is 3.36. The smallest absolute Gasteiger partial charge is 0.180 e. The molecule has 112 valence electrons. The van der Waals surface area contributed by atoms with Crippen LogP contribution in [0, 0.1) is 17.8 Å². The first kappa shape index (κ1) is 18.9. The molecule has 0 aliphatic heterocycles. The fourth-order valence-electron chi connectivity index (χ4n) is 2.04. The Hall–Kier alpha value is -0.100. The average molecular weight is 337 g/mol. The molecule has 0 amide bonds. The summed E-state index contributed by atoms with van der Waals surface area (Å²) >= 11 is 2.23. The molecule has 0 spiro atoms. The summed E-state index contributed by atoms with van der Waals surface area (Å²) in [7, 11) is 0. The van der Waals surface area contributed by atoms with E-state index >= 15 is 0 Å². The highest BCUT2D eigenvalue weighted by atomic mass is 79.9. The lowest BCUT2D eigenvalue weighted by atomic mass is 10.0. The Morgan fingerprint density at radius 1 is 0.947 bits per heavy atom. The molecule has 0 aromatic heterocycles. The van der Waals surface area contributed by atoms with Crippen molar-refractivity contribution < 1.29 is 8.78 Å². The van der Waals surface area contributed by atoms with Crippen LogP contribution in [0.25, 0.3) is 0 Å². The Morgan fingerprint density at radius 3 is 1.89 bits per heavy atom. The third-order valence-corrected chi connectivity index (χ3v) is 3.40. The highest BCUT2D eigenvalue weighted by Gasteiger charge is 2.19. The van der Waals surface area contributed by atoms with Gasteiger partial charge < -0.3 is 0 Å². The van der Waals surface area contributed by atoms with Gasteiger partial charge in [0.15, 0.2) is 0 Å². The number of halogens is 3. The molecule has 0 aromatic carbocycles. The molecule has 0 aliphatic rings. The summed E-state index contributed by atoms with van der Waals surface area (Å²) in [4.78, 5) is -3.03. The first-order chi connectivity index (χ1) is 8.95. The summed E-state index contributed by atoms with van der Waals surface area (Å²) in [5, 5.41) is 0. The van der Waals surface area contributed by atoms with Gasteiger partial charge in [0.2, 0.25) is 0 Å². The summed E-state index contributed by atoms with van der Waals surface area (Å²) in [5.41, 5.74) is 0. The van der Waals surface area contributed by atoms with Gasteiger partial charge in [0.25, 0.3) is 0 Å². The zero-order chi connectivity index (χ0) is 14.6. The van der Waals surface area contributed by atoms with Gasteiger partial charge in [-0.3, -0.25) is 0 Å². The van der Waals surface area contributed by atoms with E-state index < -0.39 is 4.83 Å². The van der Waals surface area contributed by atoms with Crippen molar-refractivity contribution in [2.75, 3.05) is 0 Å². The first-order valence-corrected chi connectivity index (χ1v) is 8.34. The van der Waals surface area contributed by atoms with E-state index in [1.165, 1.54) is 51.4 Å². The molecule has 19 heavy (non-hydrogen) atoms. The van der Waals surface area contributed by atoms with Crippen LogP contribution in [0.2, 0.25) is 0 Å². The van der Waals surface area contributed by atoms with E-state index in [0.717, 1.165) is 12.8 Å². The van der Waals surface area contributed by atoms with E-state index in [4.69, 9.17) is 0 Å². The van der Waals surface area contributed by atoms with E-state index in [-0.39, 0.29) is 5.92 Å². The van der Waals surface area contributed by atoms with Gasteiger partial charge in [-0.2, -0.15) is 8.78 Å². The van der Waals surface area contributed by atoms with Crippen molar-refractivity contribution in [3.8, 4) is 11.8 Å². The van der Waals surface area contributed by atoms with Crippen molar-refractivity contribution in [2.24, 2.45) is 5.92 Å². The standard InChI is InChI=1S/C16H27BrF2/c1-3-4-5-6-7-8-9-10-11-12-15(2)13-14-16(17,18)19/h15H,3-12H2,1-2H3. The van der Waals surface area contributed by atoms with E-state index in [1.807, 2.05) is 12.8 Å². The van der Waals surface area contributed by atoms with E-state index in [2.05, 4.69) is 28.8 Å². The van der Waals surface area contributed by atoms with Crippen molar-refractivity contribution in [1.29, 1.82) is 0 Å². The van der Waals surface area contributed by atoms with Crippen molar-refractivity contribution in [2.45, 2.75) is 82.9 Å². The molecular formula is C16H27BrF2. The van der Waals surface area contributed by atoms with Gasteiger partial charge in [0.1, 0.15) is 0 Å². The highest BCUT2D eigenvalue weighted by Crippen LogP contribution is 2.20. The maximum absolute atomic E-state index is 12.4. The predicted octanol–water partition coefficient (Wildman–Crippen LogP) is 6.53. The van der Waals surface area contributed by atoms with E-state index in [9.17, 15) is 8.78 Å². The molecule has 0 saturated carbocycles. The normalized spacial score (nSPS) is 12.9. The summed E-state index contributed by atoms with van der Waals surface area (Å²) in [6, 6.07) is 0. The molecule has 3 heteroatoms. The molecule has 0 aliphatic carbocycles. The zero-order valence-corrected chi connectivity index (χ0v) is 13.9. The van der Waals surface area contributed by atoms with Crippen LogP contribution in [0.4, 0.5) is 8.78 Å². The number of hydrogen-bond acceptors (Lipinski definition) is 0. The number of hydrogen-bond donors (Lipinski definition) is 0. The van der Waals surface area contributed by atoms with Gasteiger partial charge in [-0.05, 0) is 12.3 Å². The van der Waals surface area contributed by atoms with Crippen LogP contribution in [0.15, 0.2) is 0 Å². The number of rotatable bonds is 10. The van der Waals surface area contributed by atoms with Gasteiger partial charge in [-0.25, -0.2) is 0 Å². The van der Waals surface area contributed by atoms with Gasteiger partial charge >= 0.3 is 4.83 Å². The third kappa shape index (κ3) is 15.8. The molecular weight excluding hydrogens is 310 g/mol. The van der Waals surface area contributed by atoms with Gasteiger partial charge in [-0.15, -0.1) is 0 Å². The van der Waals surface area contributed by atoms with Crippen molar-refractivity contribution >= 4 is 15.9 Å². The van der Waals surface area contributed by atoms with Crippen LogP contribution in [-0.4, -0.2) is 4.83 Å². The average Bonchev–Trinajstić information content (AvgIpc) is 2.33. The molecule has 0 nitrogen and oxygen atoms in total. The van der Waals surface area contributed by atoms with Crippen molar-refractivity contribution in [1.82, 2.24) is 0 Å². The van der Waals surface area contributed by atoms with Crippen LogP contribution >= 0.6 is 15.9 Å². The van der Waals surface area contributed by atoms with Crippen molar-refractivity contribution in [3.05, 3.63) is 0 Å². The van der Waals surface area contributed by atoms with Crippen LogP contribution in [0.1, 0.15) is 78.1 Å². The molecule has 1 unspecified atom stereocenters. The minimum atomic E-state index is -3.03. The number of unbranched alkanes of at least 4 members (excludes halogenated alkanes) is 8. The lowest BCUT2D eigenvalue weighted by Crippen LogP contribution is -2.00. The molecule has 0 fully saturated rings. The molecule has 0 rings (SSSR count). The Kier molecular flexibility index (Phi) is 11.6. The Bertz CT molecular complexity index is 260. The topological polar surface area (TPSA) is 0 Å². The second-order valence-corrected chi connectivity index (χ2v) is 6.28. The minimum absolute atomic E-state index is 0.0629. The largest absolute Gasteiger partial charge is 0.363 e. The summed E-state index contributed by atoms with van der Waals surface area (Å²) in [6.45, 7) is 4.14. The van der Waals surface area contributed by atoms with Crippen LogP contribution < -0.4 is 0 Å². The van der Waals surface area contributed by atoms with Crippen LogP contribution in [0.3, 0.4) is 0 Å². The van der Waals surface area contributed by atoms with Gasteiger partial charge in [0, 0.05) is 21.8 Å². The predicted molar refractivity (Wildman–Crippen MR) is 82.7 cm³/mol. The molecule has 0 heterocycles. The zero-order valence-electron chi connectivity index (χ0n) is 12.3. The molecule has 0 saturated heterocycles. The van der Waals surface area contributed by atoms with Crippen molar-refractivity contribution in [3.63, 3.8) is 0 Å². The maximum Gasteiger partial charge on any atom is 0.363 e. The lowest BCUT2D eigenvalue weighted by molar-refractivity contribution is 0.182. The van der Waals surface area contributed by atoms with Gasteiger partial charge in [0.05, 0.1) is 0 Å². The second-order valence-electron chi connectivity index (χ2n) is 5.29. The van der Waals surface area contributed by atoms with Crippen LogP contribution in [0.5, 0.6) is 0 Å². The minimum Gasteiger partial charge on any atom is -0.180 e. The molecule has 0 N–H and O–H groups in total. The summed E-state index contributed by atoms with van der Waals surface area (Å²) in [6.07, 6.45) is 12.5. The van der Waals surface area contributed by atoms with E-state index in [1.54, 1.807) is 0 Å². The third-order valence-electron chi connectivity index (χ3n) is 3.20. The Labute approximate surface area is 125 Å². The molecule has 0 radical (unpaired) electrons. The fourth-order valence-corrected chi connectivity index (χ4v) is 2.15. The molecule has 0 bridgehead atoms. The summed E-state index contributed by atoms with van der Waals surface area (Å²) < 4.78 is 24.9. The quantitative estimate of drug-likeness (QED) is 0.241. The van der Waals surface area contributed by atoms with Gasteiger partial charge in [-0.1, -0.05) is 77.6 Å². The highest BCUT2D eigenvalue weighted by molar-refractivity contribution is 9.10. The maximum atomic E-state index is 12.4. The second kappa shape index (κ2) is 11.7. The van der Waals surface area contributed by atoms with E-state index in [0.29, 0.717) is 0 Å². The summed E-state index contributed by atoms with van der Waals surface area (Å²) in [5.74, 6) is 4.60. The first-order valence-electron chi connectivity index (χ1n) is 7.55. The molecule has 1 atom stereocenters. The van der Waals surface area contributed by atoms with Crippen LogP contribution in [-0.2, 0) is 0 Å². The SMILES string of the molecule is CCCCCCCCCCCC(C)C#CC(F)(F)Br. The lowest BCUT2D eigenvalue weighted by Gasteiger charge is -2.05. The fraction of sp³-hybridized carbons (Fsp3) is 0.875. The Morgan fingerprint density at radius 2 is 1.42 bits per heavy atom. The number of alkyl halides is 3. The monoisotopic (exact) mass is 336 g/mol. The molecule has 0 aromatic rings.